The van der Waals surface area contributed by atoms with Crippen molar-refractivity contribution in [3.05, 3.63) is 17.7 Å². The highest BCUT2D eigenvalue weighted by molar-refractivity contribution is 5.76. The summed E-state index contributed by atoms with van der Waals surface area (Å²) in [6.45, 7) is 1.47. The van der Waals surface area contributed by atoms with Gasteiger partial charge in [0.15, 0.2) is 11.5 Å². The number of ether oxygens (including phenoxy) is 3. The highest BCUT2D eigenvalue weighted by atomic mass is 16.5. The van der Waals surface area contributed by atoms with Gasteiger partial charge in [0.25, 0.3) is 0 Å². The summed E-state index contributed by atoms with van der Waals surface area (Å²) in [6, 6.07) is 3.73. The number of amides is 1. The molecule has 0 heterocycles. The molecule has 1 aromatic rings. The minimum absolute atomic E-state index is 0.104. The van der Waals surface area contributed by atoms with Crippen molar-refractivity contribution in [2.45, 2.75) is 12.8 Å². The van der Waals surface area contributed by atoms with Gasteiger partial charge in [0.2, 0.25) is 11.7 Å². The molecule has 0 saturated carbocycles. The molecule has 1 rings (SSSR count). The molecule has 0 fully saturated rings. The zero-order valence-electron chi connectivity index (χ0n) is 14.1. The Kier molecular flexibility index (Phi) is 7.52. The third-order valence-electron chi connectivity index (χ3n) is 3.52. The molecule has 22 heavy (non-hydrogen) atoms. The lowest BCUT2D eigenvalue weighted by atomic mass is 10.1. The number of carbonyl (C=O) groups excluding carboxylic acids is 1. The molecule has 0 saturated heterocycles. The average molecular weight is 310 g/mol. The number of rotatable bonds is 9. The number of likely N-dealkylation sites (N-methyl/N-ethyl adjacent to an activating group) is 2. The monoisotopic (exact) mass is 310 g/mol. The highest BCUT2D eigenvalue weighted by Crippen LogP contribution is 2.40. The van der Waals surface area contributed by atoms with E-state index in [1.54, 1.807) is 26.2 Å². The molecule has 1 N–H and O–H groups in total. The van der Waals surface area contributed by atoms with Gasteiger partial charge in [-0.05, 0) is 25.1 Å². The van der Waals surface area contributed by atoms with E-state index in [1.807, 2.05) is 26.2 Å². The lowest BCUT2D eigenvalue weighted by molar-refractivity contribution is -0.129. The minimum atomic E-state index is 0.104. The summed E-state index contributed by atoms with van der Waals surface area (Å²) in [5.41, 5.74) is 0.926. The molecule has 0 aliphatic rings. The molecular weight excluding hydrogens is 284 g/mol. The number of hydrogen-bond acceptors (Lipinski definition) is 5. The van der Waals surface area contributed by atoms with E-state index in [0.29, 0.717) is 36.6 Å². The number of carbonyl (C=O) groups is 1. The first kappa shape index (κ1) is 18.1. The topological polar surface area (TPSA) is 60.0 Å². The van der Waals surface area contributed by atoms with Crippen LogP contribution in [-0.4, -0.2) is 59.3 Å². The molecular formula is C16H26N2O4. The van der Waals surface area contributed by atoms with Crippen molar-refractivity contribution in [1.82, 2.24) is 10.2 Å². The number of hydrogen-bond donors (Lipinski definition) is 1. The Morgan fingerprint density at radius 3 is 2.36 bits per heavy atom. The standard InChI is InChI=1S/C16H26N2O4/c1-17-10-11-18(2)14(19)9-7-12-6-8-13(20-3)16(22-5)15(12)21-4/h6,8,17H,7,9-11H2,1-5H3. The van der Waals surface area contributed by atoms with E-state index in [4.69, 9.17) is 14.2 Å². The molecule has 1 amide bonds. The molecule has 0 atom stereocenters. The van der Waals surface area contributed by atoms with Gasteiger partial charge in [0.1, 0.15) is 0 Å². The summed E-state index contributed by atoms with van der Waals surface area (Å²) in [6.07, 6.45) is 1.01. The lowest BCUT2D eigenvalue weighted by Gasteiger charge is -2.18. The van der Waals surface area contributed by atoms with Crippen LogP contribution in [0.4, 0.5) is 0 Å². The first-order chi connectivity index (χ1) is 10.6. The van der Waals surface area contributed by atoms with E-state index in [0.717, 1.165) is 12.1 Å². The molecule has 0 spiro atoms. The Morgan fingerprint density at radius 2 is 1.82 bits per heavy atom. The Bertz CT molecular complexity index is 491. The highest BCUT2D eigenvalue weighted by Gasteiger charge is 2.17. The molecule has 0 aromatic heterocycles. The second-order valence-corrected chi connectivity index (χ2v) is 4.91. The van der Waals surface area contributed by atoms with E-state index in [2.05, 4.69) is 5.32 Å². The second-order valence-electron chi connectivity index (χ2n) is 4.91. The normalized spacial score (nSPS) is 10.2. The van der Waals surface area contributed by atoms with Crippen molar-refractivity contribution in [2.75, 3.05) is 48.5 Å². The van der Waals surface area contributed by atoms with Crippen LogP contribution in [0.25, 0.3) is 0 Å². The first-order valence-corrected chi connectivity index (χ1v) is 7.25. The maximum absolute atomic E-state index is 12.1. The maximum atomic E-state index is 12.1. The van der Waals surface area contributed by atoms with Crippen molar-refractivity contribution in [3.63, 3.8) is 0 Å². The van der Waals surface area contributed by atoms with E-state index in [1.165, 1.54) is 0 Å². The minimum Gasteiger partial charge on any atom is -0.493 e. The Hall–Kier alpha value is -1.95. The van der Waals surface area contributed by atoms with Gasteiger partial charge in [-0.2, -0.15) is 0 Å². The molecule has 6 heteroatoms. The summed E-state index contributed by atoms with van der Waals surface area (Å²) in [5.74, 6) is 1.89. The quantitative estimate of drug-likeness (QED) is 0.745. The molecule has 0 aliphatic carbocycles. The van der Waals surface area contributed by atoms with Crippen molar-refractivity contribution in [2.24, 2.45) is 0 Å². The zero-order chi connectivity index (χ0) is 16.5. The van der Waals surface area contributed by atoms with Crippen molar-refractivity contribution < 1.29 is 19.0 Å². The van der Waals surface area contributed by atoms with Gasteiger partial charge in [-0.15, -0.1) is 0 Å². The Labute approximate surface area is 132 Å². The second kappa shape index (κ2) is 9.15. The smallest absolute Gasteiger partial charge is 0.222 e. The number of benzene rings is 1. The van der Waals surface area contributed by atoms with Gasteiger partial charge in [0, 0.05) is 26.6 Å². The van der Waals surface area contributed by atoms with E-state index >= 15 is 0 Å². The van der Waals surface area contributed by atoms with Gasteiger partial charge in [0.05, 0.1) is 21.3 Å². The fraction of sp³-hybridized carbons (Fsp3) is 0.562. The molecule has 124 valence electrons. The average Bonchev–Trinajstić information content (AvgIpc) is 2.55. The number of aryl methyl sites for hydroxylation is 1. The summed E-state index contributed by atoms with van der Waals surface area (Å²) >= 11 is 0. The van der Waals surface area contributed by atoms with Crippen LogP contribution in [0.2, 0.25) is 0 Å². The fourth-order valence-corrected chi connectivity index (χ4v) is 2.20. The van der Waals surface area contributed by atoms with Crippen LogP contribution < -0.4 is 19.5 Å². The van der Waals surface area contributed by atoms with E-state index < -0.39 is 0 Å². The van der Waals surface area contributed by atoms with Gasteiger partial charge in [-0.1, -0.05) is 6.07 Å². The zero-order valence-corrected chi connectivity index (χ0v) is 14.1. The first-order valence-electron chi connectivity index (χ1n) is 7.25. The molecule has 0 radical (unpaired) electrons. The SMILES string of the molecule is CNCCN(C)C(=O)CCc1ccc(OC)c(OC)c1OC. The molecule has 0 aliphatic heterocycles. The third-order valence-corrected chi connectivity index (χ3v) is 3.52. The van der Waals surface area contributed by atoms with Crippen LogP contribution in [0.3, 0.4) is 0 Å². The molecule has 6 nitrogen and oxygen atoms in total. The van der Waals surface area contributed by atoms with Gasteiger partial charge in [-0.3, -0.25) is 4.79 Å². The van der Waals surface area contributed by atoms with Gasteiger partial charge < -0.3 is 24.4 Å². The summed E-state index contributed by atoms with van der Waals surface area (Å²) in [4.78, 5) is 13.8. The van der Waals surface area contributed by atoms with E-state index in [-0.39, 0.29) is 5.91 Å². The number of nitrogens with one attached hydrogen (secondary N) is 1. The molecule has 1 aromatic carbocycles. The van der Waals surface area contributed by atoms with Crippen LogP contribution in [0.5, 0.6) is 17.2 Å². The van der Waals surface area contributed by atoms with Crippen molar-refractivity contribution in [1.29, 1.82) is 0 Å². The van der Waals surface area contributed by atoms with Crippen molar-refractivity contribution >= 4 is 5.91 Å². The lowest BCUT2D eigenvalue weighted by Crippen LogP contribution is -2.32. The number of methoxy groups -OCH3 is 3. The third kappa shape index (κ3) is 4.53. The maximum Gasteiger partial charge on any atom is 0.222 e. The predicted molar refractivity (Wildman–Crippen MR) is 86.0 cm³/mol. The summed E-state index contributed by atoms with van der Waals surface area (Å²) in [5, 5.41) is 3.03. The van der Waals surface area contributed by atoms with Gasteiger partial charge >= 0.3 is 0 Å². The van der Waals surface area contributed by atoms with Crippen LogP contribution >= 0.6 is 0 Å². The number of nitrogens with zero attached hydrogens (tertiary/aromatic N) is 1. The van der Waals surface area contributed by atoms with Crippen molar-refractivity contribution in [3.8, 4) is 17.2 Å². The van der Waals surface area contributed by atoms with Crippen LogP contribution in [0.15, 0.2) is 12.1 Å². The Morgan fingerprint density at radius 1 is 1.14 bits per heavy atom. The summed E-state index contributed by atoms with van der Waals surface area (Å²) < 4.78 is 16.0. The Balaban J connectivity index is 2.79. The molecule has 0 bridgehead atoms. The van der Waals surface area contributed by atoms with E-state index in [9.17, 15) is 4.79 Å². The fourth-order valence-electron chi connectivity index (χ4n) is 2.20. The van der Waals surface area contributed by atoms with Crippen LogP contribution in [-0.2, 0) is 11.2 Å². The molecule has 0 unspecified atom stereocenters. The largest absolute Gasteiger partial charge is 0.493 e. The van der Waals surface area contributed by atoms with Crippen LogP contribution in [0.1, 0.15) is 12.0 Å². The van der Waals surface area contributed by atoms with Crippen LogP contribution in [0, 0.1) is 0 Å². The predicted octanol–water partition coefficient (Wildman–Crippen LogP) is 1.32. The van der Waals surface area contributed by atoms with Gasteiger partial charge in [-0.25, -0.2) is 0 Å². The summed E-state index contributed by atoms with van der Waals surface area (Å²) in [7, 11) is 8.41.